The van der Waals surface area contributed by atoms with Gasteiger partial charge >= 0.3 is 0 Å². The topological polar surface area (TPSA) is 67.4 Å². The Bertz CT molecular complexity index is 610. The average Bonchev–Trinajstić information content (AvgIpc) is 2.66. The van der Waals surface area contributed by atoms with Gasteiger partial charge in [0.15, 0.2) is 0 Å². The number of rotatable bonds is 5. The van der Waals surface area contributed by atoms with Gasteiger partial charge in [0, 0.05) is 25.6 Å². The summed E-state index contributed by atoms with van der Waals surface area (Å²) < 4.78 is 30.7. The van der Waals surface area contributed by atoms with Crippen LogP contribution >= 0.6 is 23.2 Å². The van der Waals surface area contributed by atoms with Gasteiger partial charge in [0.1, 0.15) is 0 Å². The molecular formula is C14H20Cl2N2O3S. The van der Waals surface area contributed by atoms with Crippen molar-refractivity contribution in [1.82, 2.24) is 10.0 Å². The molecule has 0 radical (unpaired) electrons. The van der Waals surface area contributed by atoms with E-state index in [9.17, 15) is 8.42 Å². The van der Waals surface area contributed by atoms with Crippen molar-refractivity contribution in [3.63, 3.8) is 0 Å². The highest BCUT2D eigenvalue weighted by atomic mass is 35.5. The van der Waals surface area contributed by atoms with Crippen molar-refractivity contribution in [2.45, 2.75) is 18.4 Å². The highest BCUT2D eigenvalue weighted by Gasteiger charge is 2.26. The molecule has 1 aromatic carbocycles. The molecule has 0 aromatic heterocycles. The Hall–Kier alpha value is -0.370. The number of hydrogen-bond acceptors (Lipinski definition) is 4. The van der Waals surface area contributed by atoms with Gasteiger partial charge in [-0.2, -0.15) is 0 Å². The second-order valence-electron chi connectivity index (χ2n) is 5.35. The number of halogens is 2. The first-order valence-electron chi connectivity index (χ1n) is 7.09. The van der Waals surface area contributed by atoms with Crippen LogP contribution in [-0.4, -0.2) is 47.0 Å². The summed E-state index contributed by atoms with van der Waals surface area (Å²) in [6.07, 6.45) is 1.67. The molecule has 2 N–H and O–H groups in total. The Balaban J connectivity index is 2.11. The van der Waals surface area contributed by atoms with Crippen molar-refractivity contribution < 1.29 is 13.2 Å². The smallest absolute Gasteiger partial charge is 0.208 e. The fourth-order valence-corrected chi connectivity index (χ4v) is 3.33. The molecule has 0 unspecified atom stereocenters. The minimum absolute atomic E-state index is 0.0820. The number of hydrogen-bond donors (Lipinski definition) is 2. The van der Waals surface area contributed by atoms with E-state index in [4.69, 9.17) is 27.9 Å². The molecule has 0 saturated carbocycles. The Morgan fingerprint density at radius 2 is 2.14 bits per heavy atom. The third-order valence-electron chi connectivity index (χ3n) is 3.59. The predicted molar refractivity (Wildman–Crippen MR) is 89.3 cm³/mol. The molecule has 1 aliphatic rings. The summed E-state index contributed by atoms with van der Waals surface area (Å²) in [5, 5.41) is 4.35. The van der Waals surface area contributed by atoms with Gasteiger partial charge in [-0.05, 0) is 24.1 Å². The molecule has 1 fully saturated rings. The molecule has 0 amide bonds. The maximum absolute atomic E-state index is 11.2. The average molecular weight is 367 g/mol. The maximum atomic E-state index is 11.2. The number of ether oxygens (including phenoxy) is 1. The summed E-state index contributed by atoms with van der Waals surface area (Å²) >= 11 is 12.1. The molecule has 8 heteroatoms. The molecule has 0 aliphatic carbocycles. The summed E-state index contributed by atoms with van der Waals surface area (Å²) in [5.41, 5.74) is 1.04. The summed E-state index contributed by atoms with van der Waals surface area (Å²) in [7, 11) is -3.19. The number of benzene rings is 1. The third-order valence-corrected chi connectivity index (χ3v) is 5.06. The third kappa shape index (κ3) is 5.37. The highest BCUT2D eigenvalue weighted by molar-refractivity contribution is 7.88. The van der Waals surface area contributed by atoms with Gasteiger partial charge < -0.3 is 10.1 Å². The lowest BCUT2D eigenvalue weighted by Crippen LogP contribution is -2.32. The lowest BCUT2D eigenvalue weighted by Gasteiger charge is -2.25. The minimum Gasteiger partial charge on any atom is -0.376 e. The molecule has 124 valence electrons. The van der Waals surface area contributed by atoms with Crippen molar-refractivity contribution >= 4 is 33.2 Å². The van der Waals surface area contributed by atoms with E-state index in [-0.39, 0.29) is 12.0 Å². The van der Waals surface area contributed by atoms with Gasteiger partial charge in [0.2, 0.25) is 10.0 Å². The first kappa shape index (κ1) is 18.0. The molecule has 2 rings (SSSR count). The first-order valence-corrected chi connectivity index (χ1v) is 9.73. The summed E-state index contributed by atoms with van der Waals surface area (Å²) in [6, 6.07) is 5.56. The molecule has 1 heterocycles. The van der Waals surface area contributed by atoms with E-state index in [1.807, 2.05) is 12.1 Å². The van der Waals surface area contributed by atoms with E-state index in [2.05, 4.69) is 10.0 Å². The quantitative estimate of drug-likeness (QED) is 0.836. The van der Waals surface area contributed by atoms with Crippen LogP contribution in [0.15, 0.2) is 18.2 Å². The molecule has 0 spiro atoms. The molecule has 0 bridgehead atoms. The second kappa shape index (κ2) is 7.95. The van der Waals surface area contributed by atoms with Crippen molar-refractivity contribution in [2.24, 2.45) is 0 Å². The van der Waals surface area contributed by atoms with Gasteiger partial charge in [-0.1, -0.05) is 29.3 Å². The van der Waals surface area contributed by atoms with Crippen LogP contribution < -0.4 is 10.0 Å². The Morgan fingerprint density at radius 1 is 1.36 bits per heavy atom. The van der Waals surface area contributed by atoms with Crippen LogP contribution in [0.1, 0.15) is 17.9 Å². The van der Waals surface area contributed by atoms with Crippen molar-refractivity contribution in [3.8, 4) is 0 Å². The van der Waals surface area contributed by atoms with E-state index in [1.54, 1.807) is 6.07 Å². The monoisotopic (exact) mass is 366 g/mol. The van der Waals surface area contributed by atoms with Crippen LogP contribution in [0.3, 0.4) is 0 Å². The van der Waals surface area contributed by atoms with Crippen molar-refractivity contribution in [3.05, 3.63) is 33.8 Å². The summed E-state index contributed by atoms with van der Waals surface area (Å²) in [5.74, 6) is 0.0960. The molecule has 1 saturated heterocycles. The zero-order valence-corrected chi connectivity index (χ0v) is 14.6. The minimum atomic E-state index is -3.19. The SMILES string of the molecule is CS(=O)(=O)NCC[C@@H]1OCCNC[C@@H]1c1ccc(Cl)c(Cl)c1. The first-order chi connectivity index (χ1) is 10.4. The van der Waals surface area contributed by atoms with Gasteiger partial charge in [0.05, 0.1) is 29.0 Å². The Labute approximate surface area is 141 Å². The maximum Gasteiger partial charge on any atom is 0.208 e. The summed E-state index contributed by atoms with van der Waals surface area (Å²) in [6.45, 7) is 2.47. The molecule has 1 aliphatic heterocycles. The lowest BCUT2D eigenvalue weighted by atomic mass is 9.91. The second-order valence-corrected chi connectivity index (χ2v) is 8.00. The molecule has 22 heavy (non-hydrogen) atoms. The molecular weight excluding hydrogens is 347 g/mol. The highest BCUT2D eigenvalue weighted by Crippen LogP contribution is 2.30. The number of sulfonamides is 1. The predicted octanol–water partition coefficient (Wildman–Crippen LogP) is 2.00. The molecule has 5 nitrogen and oxygen atoms in total. The van der Waals surface area contributed by atoms with Gasteiger partial charge in [0.25, 0.3) is 0 Å². The standard InChI is InChI=1S/C14H20Cl2N2O3S/c1-22(19,20)18-5-4-14-11(9-17-6-7-21-14)10-2-3-12(15)13(16)8-10/h2-3,8,11,14,17-18H,4-7,9H2,1H3/t11-,14+/m1/s1. The lowest BCUT2D eigenvalue weighted by molar-refractivity contribution is 0.0473. The molecule has 2 atom stereocenters. The van der Waals surface area contributed by atoms with Crippen LogP contribution in [0.4, 0.5) is 0 Å². The largest absolute Gasteiger partial charge is 0.376 e. The van der Waals surface area contributed by atoms with E-state index in [0.717, 1.165) is 24.9 Å². The summed E-state index contributed by atoms with van der Waals surface area (Å²) in [4.78, 5) is 0. The fourth-order valence-electron chi connectivity index (χ4n) is 2.53. The van der Waals surface area contributed by atoms with E-state index >= 15 is 0 Å². The van der Waals surface area contributed by atoms with Gasteiger partial charge in [-0.3, -0.25) is 0 Å². The van der Waals surface area contributed by atoms with Gasteiger partial charge in [-0.25, -0.2) is 13.1 Å². The van der Waals surface area contributed by atoms with E-state index in [1.165, 1.54) is 0 Å². The van der Waals surface area contributed by atoms with E-state index in [0.29, 0.717) is 29.6 Å². The normalized spacial score (nSPS) is 23.2. The van der Waals surface area contributed by atoms with Gasteiger partial charge in [-0.15, -0.1) is 0 Å². The fraction of sp³-hybridized carbons (Fsp3) is 0.571. The Kier molecular flexibility index (Phi) is 6.49. The van der Waals surface area contributed by atoms with Crippen molar-refractivity contribution in [1.29, 1.82) is 0 Å². The van der Waals surface area contributed by atoms with Crippen LogP contribution in [0.2, 0.25) is 10.0 Å². The van der Waals surface area contributed by atoms with E-state index < -0.39 is 10.0 Å². The van der Waals surface area contributed by atoms with Crippen LogP contribution in [0.5, 0.6) is 0 Å². The Morgan fingerprint density at radius 3 is 2.82 bits per heavy atom. The van der Waals surface area contributed by atoms with Crippen LogP contribution in [-0.2, 0) is 14.8 Å². The van der Waals surface area contributed by atoms with Crippen molar-refractivity contribution in [2.75, 3.05) is 32.5 Å². The zero-order valence-electron chi connectivity index (χ0n) is 12.3. The molecule has 1 aromatic rings. The number of nitrogens with one attached hydrogen (secondary N) is 2. The van der Waals surface area contributed by atoms with Crippen LogP contribution in [0, 0.1) is 0 Å². The zero-order chi connectivity index (χ0) is 16.2. The van der Waals surface area contributed by atoms with Crippen LogP contribution in [0.25, 0.3) is 0 Å².